The fourth-order valence-corrected chi connectivity index (χ4v) is 2.86. The lowest BCUT2D eigenvalue weighted by Gasteiger charge is -2.14. The van der Waals surface area contributed by atoms with E-state index >= 15 is 0 Å². The largest absolute Gasteiger partial charge is 0.478 e. The lowest BCUT2D eigenvalue weighted by atomic mass is 10.2. The molecule has 0 aromatic heterocycles. The van der Waals surface area contributed by atoms with Crippen LogP contribution in [0.15, 0.2) is 59.5 Å². The number of hydrogen-bond acceptors (Lipinski definition) is 4. The molecule has 0 heterocycles. The predicted molar refractivity (Wildman–Crippen MR) is 93.4 cm³/mol. The Kier molecular flexibility index (Phi) is 6.69. The zero-order chi connectivity index (χ0) is 17.4. The number of carbonyl (C=O) groups is 2. The van der Waals surface area contributed by atoms with E-state index in [4.69, 9.17) is 9.84 Å². The summed E-state index contributed by atoms with van der Waals surface area (Å²) in [6.45, 7) is 2.10. The second kappa shape index (κ2) is 8.98. The van der Waals surface area contributed by atoms with E-state index in [0.29, 0.717) is 5.75 Å². The molecule has 1 atom stereocenters. The molecule has 0 saturated carbocycles. The molecule has 2 rings (SSSR count). The first kappa shape index (κ1) is 17.9. The molecule has 1 amide bonds. The van der Waals surface area contributed by atoms with Crippen LogP contribution in [0.1, 0.15) is 22.8 Å². The van der Waals surface area contributed by atoms with Gasteiger partial charge in [-0.1, -0.05) is 36.4 Å². The number of nitrogens with one attached hydrogen (secondary N) is 1. The number of thioether (sulfide) groups is 1. The van der Waals surface area contributed by atoms with Gasteiger partial charge in [0.05, 0.1) is 5.56 Å². The van der Waals surface area contributed by atoms with E-state index in [2.05, 4.69) is 5.32 Å². The van der Waals surface area contributed by atoms with Crippen LogP contribution >= 0.6 is 11.8 Å². The Labute approximate surface area is 145 Å². The molecule has 0 radical (unpaired) electrons. The molecule has 0 spiro atoms. The number of aromatic carboxylic acids is 1. The quantitative estimate of drug-likeness (QED) is 0.747. The van der Waals surface area contributed by atoms with Crippen molar-refractivity contribution in [2.75, 3.05) is 5.75 Å². The Bertz CT molecular complexity index is 690. The lowest BCUT2D eigenvalue weighted by molar-refractivity contribution is 0.0696. The topological polar surface area (TPSA) is 75.6 Å². The molecule has 0 fully saturated rings. The van der Waals surface area contributed by atoms with Crippen molar-refractivity contribution in [2.45, 2.75) is 24.5 Å². The molecule has 24 heavy (non-hydrogen) atoms. The van der Waals surface area contributed by atoms with E-state index in [0.717, 1.165) is 10.5 Å². The van der Waals surface area contributed by atoms with Gasteiger partial charge in [-0.25, -0.2) is 9.59 Å². The third-order valence-electron chi connectivity index (χ3n) is 3.16. The van der Waals surface area contributed by atoms with Gasteiger partial charge in [-0.2, -0.15) is 0 Å². The van der Waals surface area contributed by atoms with Crippen LogP contribution in [0, 0.1) is 0 Å². The lowest BCUT2D eigenvalue weighted by Crippen LogP contribution is -2.34. The fraction of sp³-hybridized carbons (Fsp3) is 0.222. The number of carboxylic acid groups (broad SMARTS) is 1. The molecule has 5 nitrogen and oxygen atoms in total. The maximum Gasteiger partial charge on any atom is 0.407 e. The fourth-order valence-electron chi connectivity index (χ4n) is 1.95. The maximum atomic E-state index is 11.8. The predicted octanol–water partition coefficient (Wildman–Crippen LogP) is 3.79. The Hall–Kier alpha value is -2.47. The zero-order valence-electron chi connectivity index (χ0n) is 13.3. The standard InChI is InChI=1S/C18H19NO4S/c1-13(12-24-16-9-5-8-15(10-16)17(20)21)19-18(22)23-11-14-6-3-2-4-7-14/h2-10,13H,11-12H2,1H3,(H,19,22)(H,20,21). The van der Waals surface area contributed by atoms with Gasteiger partial charge in [-0.15, -0.1) is 11.8 Å². The Morgan fingerprint density at radius 2 is 1.92 bits per heavy atom. The molecule has 0 aliphatic heterocycles. The normalized spacial score (nSPS) is 11.5. The van der Waals surface area contributed by atoms with Crippen LogP contribution in [0.3, 0.4) is 0 Å². The third kappa shape index (κ3) is 5.96. The van der Waals surface area contributed by atoms with Gasteiger partial charge in [-0.3, -0.25) is 0 Å². The van der Waals surface area contributed by atoms with Crippen molar-refractivity contribution in [3.63, 3.8) is 0 Å². The van der Waals surface area contributed by atoms with E-state index in [1.54, 1.807) is 18.2 Å². The van der Waals surface area contributed by atoms with Crippen molar-refractivity contribution in [3.05, 3.63) is 65.7 Å². The third-order valence-corrected chi connectivity index (χ3v) is 4.41. The van der Waals surface area contributed by atoms with Crippen molar-refractivity contribution in [1.82, 2.24) is 5.32 Å². The van der Waals surface area contributed by atoms with Gasteiger partial charge >= 0.3 is 12.1 Å². The number of ether oxygens (including phenoxy) is 1. The maximum absolute atomic E-state index is 11.8. The molecular formula is C18H19NO4S. The molecular weight excluding hydrogens is 326 g/mol. The summed E-state index contributed by atoms with van der Waals surface area (Å²) in [7, 11) is 0. The highest BCUT2D eigenvalue weighted by molar-refractivity contribution is 7.99. The van der Waals surface area contributed by atoms with E-state index in [-0.39, 0.29) is 18.2 Å². The number of amides is 1. The molecule has 2 N–H and O–H groups in total. The second-order valence-corrected chi connectivity index (χ2v) is 6.34. The Morgan fingerprint density at radius 3 is 2.62 bits per heavy atom. The number of alkyl carbamates (subject to hydrolysis) is 1. The molecule has 6 heteroatoms. The molecule has 0 aliphatic rings. The first-order valence-corrected chi connectivity index (χ1v) is 8.46. The Balaban J connectivity index is 1.74. The van der Waals surface area contributed by atoms with Crippen molar-refractivity contribution in [2.24, 2.45) is 0 Å². The second-order valence-electron chi connectivity index (χ2n) is 5.25. The van der Waals surface area contributed by atoms with Crippen LogP contribution in [0.5, 0.6) is 0 Å². The monoisotopic (exact) mass is 345 g/mol. The number of rotatable bonds is 7. The molecule has 1 unspecified atom stereocenters. The first-order chi connectivity index (χ1) is 11.5. The average molecular weight is 345 g/mol. The van der Waals surface area contributed by atoms with Gasteiger partial charge in [-0.05, 0) is 30.7 Å². The minimum atomic E-state index is -0.951. The average Bonchev–Trinajstić information content (AvgIpc) is 2.59. The summed E-state index contributed by atoms with van der Waals surface area (Å²) in [6, 6.07) is 16.1. The van der Waals surface area contributed by atoms with Gasteiger partial charge in [0, 0.05) is 16.7 Å². The van der Waals surface area contributed by atoms with Gasteiger partial charge in [0.2, 0.25) is 0 Å². The van der Waals surface area contributed by atoms with Gasteiger partial charge < -0.3 is 15.2 Å². The molecule has 0 saturated heterocycles. The van der Waals surface area contributed by atoms with Crippen LogP contribution < -0.4 is 5.32 Å². The van der Waals surface area contributed by atoms with E-state index in [1.165, 1.54) is 11.8 Å². The summed E-state index contributed by atoms with van der Waals surface area (Å²) in [6.07, 6.45) is -0.466. The molecule has 0 aliphatic carbocycles. The molecule has 0 bridgehead atoms. The highest BCUT2D eigenvalue weighted by Gasteiger charge is 2.10. The van der Waals surface area contributed by atoms with E-state index in [9.17, 15) is 9.59 Å². The summed E-state index contributed by atoms with van der Waals surface area (Å²) < 4.78 is 5.16. The highest BCUT2D eigenvalue weighted by atomic mass is 32.2. The Morgan fingerprint density at radius 1 is 1.17 bits per heavy atom. The first-order valence-electron chi connectivity index (χ1n) is 7.48. The van der Waals surface area contributed by atoms with Crippen LogP contribution in [0.2, 0.25) is 0 Å². The minimum Gasteiger partial charge on any atom is -0.478 e. The van der Waals surface area contributed by atoms with Gasteiger partial charge in [0.1, 0.15) is 6.61 Å². The van der Waals surface area contributed by atoms with Gasteiger partial charge in [0.15, 0.2) is 0 Å². The van der Waals surface area contributed by atoms with E-state index < -0.39 is 12.1 Å². The zero-order valence-corrected chi connectivity index (χ0v) is 14.1. The number of benzene rings is 2. The van der Waals surface area contributed by atoms with Crippen molar-refractivity contribution in [3.8, 4) is 0 Å². The van der Waals surface area contributed by atoms with Crippen molar-refractivity contribution >= 4 is 23.8 Å². The van der Waals surface area contributed by atoms with Crippen LogP contribution in [0.4, 0.5) is 4.79 Å². The van der Waals surface area contributed by atoms with Gasteiger partial charge in [0.25, 0.3) is 0 Å². The summed E-state index contributed by atoms with van der Waals surface area (Å²) in [4.78, 5) is 23.6. The summed E-state index contributed by atoms with van der Waals surface area (Å²) in [5.74, 6) is -0.336. The van der Waals surface area contributed by atoms with Crippen LogP contribution in [-0.4, -0.2) is 29.0 Å². The number of carbonyl (C=O) groups excluding carboxylic acids is 1. The van der Waals surface area contributed by atoms with Crippen LogP contribution in [-0.2, 0) is 11.3 Å². The minimum absolute atomic E-state index is 0.105. The van der Waals surface area contributed by atoms with Crippen LogP contribution in [0.25, 0.3) is 0 Å². The molecule has 126 valence electrons. The summed E-state index contributed by atoms with van der Waals surface area (Å²) in [5, 5.41) is 11.7. The molecule has 2 aromatic carbocycles. The smallest absolute Gasteiger partial charge is 0.407 e. The SMILES string of the molecule is CC(CSc1cccc(C(=O)O)c1)NC(=O)OCc1ccccc1. The number of carboxylic acids is 1. The van der Waals surface area contributed by atoms with Crippen molar-refractivity contribution < 1.29 is 19.4 Å². The summed E-state index contributed by atoms with van der Waals surface area (Å²) >= 11 is 1.48. The highest BCUT2D eigenvalue weighted by Crippen LogP contribution is 2.20. The van der Waals surface area contributed by atoms with E-state index in [1.807, 2.05) is 43.3 Å². The van der Waals surface area contributed by atoms with Crippen molar-refractivity contribution in [1.29, 1.82) is 0 Å². The number of hydrogen-bond donors (Lipinski definition) is 2. The molecule has 2 aromatic rings. The summed E-state index contributed by atoms with van der Waals surface area (Å²) in [5.41, 5.74) is 1.18.